The lowest BCUT2D eigenvalue weighted by atomic mass is 10.0. The molecule has 0 N–H and O–H groups in total. The summed E-state index contributed by atoms with van der Waals surface area (Å²) in [5, 5.41) is 0. The minimum atomic E-state index is 0.0376. The molecule has 98 valence electrons. The van der Waals surface area contributed by atoms with Crippen LogP contribution in [-0.2, 0) is 14.4 Å². The molecule has 0 unspecified atom stereocenters. The predicted molar refractivity (Wildman–Crippen MR) is 67.9 cm³/mol. The van der Waals surface area contributed by atoms with E-state index < -0.39 is 0 Å². The monoisotopic (exact) mass is 240 g/mol. The number of carbonyl (C=O) groups is 3. The van der Waals surface area contributed by atoms with Crippen molar-refractivity contribution in [2.24, 2.45) is 0 Å². The Kier molecular flexibility index (Phi) is 9.59. The third-order valence-corrected chi connectivity index (χ3v) is 2.82. The van der Waals surface area contributed by atoms with Gasteiger partial charge in [-0.05, 0) is 6.42 Å². The summed E-state index contributed by atoms with van der Waals surface area (Å²) in [7, 11) is 0. The minimum Gasteiger partial charge on any atom is -0.300 e. The van der Waals surface area contributed by atoms with Gasteiger partial charge in [-0.15, -0.1) is 0 Å². The molecule has 3 nitrogen and oxygen atoms in total. The van der Waals surface area contributed by atoms with Gasteiger partial charge in [0.1, 0.15) is 17.3 Å². The van der Waals surface area contributed by atoms with Gasteiger partial charge in [-0.1, -0.05) is 26.7 Å². The molecule has 0 rings (SSSR count). The summed E-state index contributed by atoms with van der Waals surface area (Å²) in [5.41, 5.74) is 0. The number of hydrogen-bond donors (Lipinski definition) is 0. The van der Waals surface area contributed by atoms with Crippen LogP contribution in [0.25, 0.3) is 0 Å². The molecular formula is C14H24O3. The number of hydrogen-bond acceptors (Lipinski definition) is 3. The summed E-state index contributed by atoms with van der Waals surface area (Å²) in [6.07, 6.45) is 5.48. The SMILES string of the molecule is CCCCCC(=O)CCC(=O)CCC(=O)CC. The Morgan fingerprint density at radius 3 is 1.59 bits per heavy atom. The van der Waals surface area contributed by atoms with Gasteiger partial charge in [0.25, 0.3) is 0 Å². The Morgan fingerprint density at radius 1 is 0.647 bits per heavy atom. The average Bonchev–Trinajstić information content (AvgIpc) is 2.33. The zero-order valence-electron chi connectivity index (χ0n) is 11.1. The van der Waals surface area contributed by atoms with Gasteiger partial charge in [-0.3, -0.25) is 14.4 Å². The van der Waals surface area contributed by atoms with E-state index in [9.17, 15) is 14.4 Å². The Hall–Kier alpha value is -0.990. The molecule has 17 heavy (non-hydrogen) atoms. The van der Waals surface area contributed by atoms with Gasteiger partial charge in [-0.2, -0.15) is 0 Å². The van der Waals surface area contributed by atoms with Crippen LogP contribution >= 0.6 is 0 Å². The Bertz CT molecular complexity index is 256. The van der Waals surface area contributed by atoms with Crippen LogP contribution < -0.4 is 0 Å². The molecule has 0 fully saturated rings. The summed E-state index contributed by atoms with van der Waals surface area (Å²) in [5.74, 6) is 0.330. The second-order valence-corrected chi connectivity index (χ2v) is 4.43. The molecule has 0 heterocycles. The highest BCUT2D eigenvalue weighted by Gasteiger charge is 2.08. The van der Waals surface area contributed by atoms with E-state index in [2.05, 4.69) is 6.92 Å². The maximum Gasteiger partial charge on any atom is 0.133 e. The fourth-order valence-corrected chi connectivity index (χ4v) is 1.56. The molecule has 3 heteroatoms. The largest absolute Gasteiger partial charge is 0.300 e. The fourth-order valence-electron chi connectivity index (χ4n) is 1.56. The lowest BCUT2D eigenvalue weighted by Gasteiger charge is -2.00. The number of unbranched alkanes of at least 4 members (excludes halogenated alkanes) is 2. The lowest BCUT2D eigenvalue weighted by molar-refractivity contribution is -0.126. The molecule has 0 radical (unpaired) electrons. The molecule has 0 bridgehead atoms. The molecule has 0 aliphatic heterocycles. The van der Waals surface area contributed by atoms with Crippen LogP contribution in [0.15, 0.2) is 0 Å². The van der Waals surface area contributed by atoms with Crippen LogP contribution in [0.3, 0.4) is 0 Å². The van der Waals surface area contributed by atoms with Crippen LogP contribution in [0.4, 0.5) is 0 Å². The van der Waals surface area contributed by atoms with Crippen molar-refractivity contribution < 1.29 is 14.4 Å². The van der Waals surface area contributed by atoms with E-state index >= 15 is 0 Å². The second kappa shape index (κ2) is 10.2. The normalized spacial score (nSPS) is 10.2. The van der Waals surface area contributed by atoms with Gasteiger partial charge < -0.3 is 0 Å². The molecule has 0 atom stereocenters. The molecule has 0 saturated carbocycles. The first-order valence-corrected chi connectivity index (χ1v) is 6.65. The van der Waals surface area contributed by atoms with Crippen molar-refractivity contribution in [2.75, 3.05) is 0 Å². The van der Waals surface area contributed by atoms with Gasteiger partial charge in [0.15, 0.2) is 0 Å². The molecule has 0 spiro atoms. The molecule has 0 amide bonds. The van der Waals surface area contributed by atoms with E-state index in [-0.39, 0.29) is 17.3 Å². The predicted octanol–water partition coefficient (Wildman–Crippen LogP) is 3.24. The standard InChI is InChI=1S/C14H24O3/c1-3-5-6-7-13(16)10-11-14(17)9-8-12(15)4-2/h3-11H2,1-2H3. The first kappa shape index (κ1) is 16.0. The van der Waals surface area contributed by atoms with Gasteiger partial charge in [0, 0.05) is 38.5 Å². The number of carbonyl (C=O) groups excluding carboxylic acids is 3. The topological polar surface area (TPSA) is 51.2 Å². The first-order chi connectivity index (χ1) is 8.10. The molecule has 0 aromatic heterocycles. The Labute approximate surface area is 104 Å². The van der Waals surface area contributed by atoms with Crippen molar-refractivity contribution >= 4 is 17.3 Å². The quantitative estimate of drug-likeness (QED) is 0.521. The zero-order valence-corrected chi connectivity index (χ0v) is 11.1. The summed E-state index contributed by atoms with van der Waals surface area (Å²) in [6, 6.07) is 0. The van der Waals surface area contributed by atoms with Crippen molar-refractivity contribution in [2.45, 2.75) is 71.6 Å². The summed E-state index contributed by atoms with van der Waals surface area (Å²) in [6.45, 7) is 3.89. The van der Waals surface area contributed by atoms with Crippen molar-refractivity contribution in [1.29, 1.82) is 0 Å². The fraction of sp³-hybridized carbons (Fsp3) is 0.786. The van der Waals surface area contributed by atoms with Crippen LogP contribution in [0.2, 0.25) is 0 Å². The smallest absolute Gasteiger partial charge is 0.133 e. The van der Waals surface area contributed by atoms with Crippen molar-refractivity contribution in [1.82, 2.24) is 0 Å². The van der Waals surface area contributed by atoms with Crippen LogP contribution in [0.5, 0.6) is 0 Å². The van der Waals surface area contributed by atoms with E-state index in [0.717, 1.165) is 19.3 Å². The van der Waals surface area contributed by atoms with Crippen molar-refractivity contribution in [3.05, 3.63) is 0 Å². The average molecular weight is 240 g/mol. The van der Waals surface area contributed by atoms with E-state index in [0.29, 0.717) is 38.5 Å². The van der Waals surface area contributed by atoms with E-state index in [1.807, 2.05) is 0 Å². The molecule has 0 aromatic rings. The summed E-state index contributed by atoms with van der Waals surface area (Å²) >= 11 is 0. The lowest BCUT2D eigenvalue weighted by Crippen LogP contribution is -2.06. The van der Waals surface area contributed by atoms with E-state index in [1.54, 1.807) is 6.92 Å². The minimum absolute atomic E-state index is 0.0376. The highest BCUT2D eigenvalue weighted by atomic mass is 16.1. The van der Waals surface area contributed by atoms with Crippen LogP contribution in [0, 0.1) is 0 Å². The molecule has 0 aliphatic rings. The van der Waals surface area contributed by atoms with Gasteiger partial charge in [0.05, 0.1) is 0 Å². The van der Waals surface area contributed by atoms with Gasteiger partial charge >= 0.3 is 0 Å². The highest BCUT2D eigenvalue weighted by Crippen LogP contribution is 2.06. The summed E-state index contributed by atoms with van der Waals surface area (Å²) in [4.78, 5) is 33.8. The van der Waals surface area contributed by atoms with E-state index in [4.69, 9.17) is 0 Å². The first-order valence-electron chi connectivity index (χ1n) is 6.65. The highest BCUT2D eigenvalue weighted by molar-refractivity contribution is 5.88. The van der Waals surface area contributed by atoms with Crippen LogP contribution in [-0.4, -0.2) is 17.3 Å². The molecule has 0 aliphatic carbocycles. The van der Waals surface area contributed by atoms with Crippen molar-refractivity contribution in [3.8, 4) is 0 Å². The second-order valence-electron chi connectivity index (χ2n) is 4.43. The zero-order chi connectivity index (χ0) is 13.1. The number of ketones is 3. The summed E-state index contributed by atoms with van der Waals surface area (Å²) < 4.78 is 0. The third-order valence-electron chi connectivity index (χ3n) is 2.82. The number of Topliss-reactive ketones (excluding diaryl/α,β-unsaturated/α-hetero) is 3. The number of rotatable bonds is 11. The Morgan fingerprint density at radius 2 is 1.12 bits per heavy atom. The maximum absolute atomic E-state index is 11.4. The van der Waals surface area contributed by atoms with Crippen molar-refractivity contribution in [3.63, 3.8) is 0 Å². The van der Waals surface area contributed by atoms with Crippen LogP contribution in [0.1, 0.15) is 71.6 Å². The molecular weight excluding hydrogens is 216 g/mol. The van der Waals surface area contributed by atoms with Gasteiger partial charge in [-0.25, -0.2) is 0 Å². The molecule has 0 aromatic carbocycles. The molecule has 0 saturated heterocycles. The third kappa shape index (κ3) is 9.91. The van der Waals surface area contributed by atoms with E-state index in [1.165, 1.54) is 0 Å². The maximum atomic E-state index is 11.4. The Balaban J connectivity index is 3.55. The van der Waals surface area contributed by atoms with Gasteiger partial charge in [0.2, 0.25) is 0 Å².